The van der Waals surface area contributed by atoms with E-state index in [1.54, 1.807) is 0 Å². The minimum absolute atomic E-state index is 1.23. The molecular weight excluding hydrogens is 240 g/mol. The van der Waals surface area contributed by atoms with Crippen molar-refractivity contribution < 1.29 is 0 Å². The molecule has 0 bridgehead atoms. The smallest absolute Gasteiger partial charge is 0.0348 e. The summed E-state index contributed by atoms with van der Waals surface area (Å²) in [4.78, 5) is 0. The van der Waals surface area contributed by atoms with Crippen LogP contribution in [0.3, 0.4) is 0 Å². The Morgan fingerprint density at radius 1 is 0.300 bits per heavy atom. The van der Waals surface area contributed by atoms with Gasteiger partial charge in [-0.05, 0) is 25.7 Å². The van der Waals surface area contributed by atoms with Crippen LogP contribution in [-0.2, 0) is 0 Å². The van der Waals surface area contributed by atoms with E-state index in [0.717, 1.165) is 0 Å². The van der Waals surface area contributed by atoms with Crippen molar-refractivity contribution >= 4 is 0 Å². The Morgan fingerprint density at radius 3 is 1.00 bits per heavy atom. The van der Waals surface area contributed by atoms with Gasteiger partial charge >= 0.3 is 0 Å². The van der Waals surface area contributed by atoms with Crippen LogP contribution in [0, 0.1) is 0 Å². The average Bonchev–Trinajstić information content (AvgIpc) is 2.46. The van der Waals surface area contributed by atoms with Crippen LogP contribution >= 0.6 is 0 Å². The Morgan fingerprint density at radius 2 is 0.600 bits per heavy atom. The lowest BCUT2D eigenvalue weighted by atomic mass is 10.0. The average molecular weight is 272 g/mol. The molecule has 0 nitrogen and oxygen atoms in total. The standard InChI is InChI=1S/C20H32/c1-2-4-6-8-10-12-14-16-18-20-19-17-15-13-11-9-7-5-3-1/h1-8H,9-20H2/b3-1-,4-2+,7-5+,8-6?. The van der Waals surface area contributed by atoms with Crippen molar-refractivity contribution in [1.29, 1.82) is 0 Å². The highest BCUT2D eigenvalue weighted by atomic mass is 14.0. The lowest BCUT2D eigenvalue weighted by Gasteiger charge is -2.01. The second kappa shape index (κ2) is 14.4. The van der Waals surface area contributed by atoms with Crippen LogP contribution in [0.25, 0.3) is 0 Å². The first-order valence-corrected chi connectivity index (χ1v) is 8.65. The first-order valence-electron chi connectivity index (χ1n) is 8.65. The molecule has 0 saturated heterocycles. The molecule has 0 aromatic rings. The van der Waals surface area contributed by atoms with Crippen LogP contribution in [-0.4, -0.2) is 0 Å². The van der Waals surface area contributed by atoms with E-state index >= 15 is 0 Å². The third-order valence-electron chi connectivity index (χ3n) is 3.82. The van der Waals surface area contributed by atoms with Gasteiger partial charge in [0, 0.05) is 0 Å². The molecule has 0 N–H and O–H groups in total. The lowest BCUT2D eigenvalue weighted by molar-refractivity contribution is 0.553. The molecule has 0 aliphatic heterocycles. The maximum atomic E-state index is 2.29. The molecule has 0 unspecified atom stereocenters. The van der Waals surface area contributed by atoms with Crippen LogP contribution in [0.5, 0.6) is 0 Å². The third-order valence-corrected chi connectivity index (χ3v) is 3.82. The normalized spacial score (nSPS) is 25.6. The van der Waals surface area contributed by atoms with Gasteiger partial charge in [-0.3, -0.25) is 0 Å². The van der Waals surface area contributed by atoms with Gasteiger partial charge in [0.1, 0.15) is 0 Å². The summed E-state index contributed by atoms with van der Waals surface area (Å²) < 4.78 is 0. The van der Waals surface area contributed by atoms with Gasteiger partial charge in [-0.15, -0.1) is 0 Å². The van der Waals surface area contributed by atoms with E-state index in [2.05, 4.69) is 48.6 Å². The highest BCUT2D eigenvalue weighted by molar-refractivity contribution is 5.15. The third kappa shape index (κ3) is 12.0. The van der Waals surface area contributed by atoms with Crippen molar-refractivity contribution in [3.63, 3.8) is 0 Å². The zero-order chi connectivity index (χ0) is 14.1. The molecule has 20 heavy (non-hydrogen) atoms. The van der Waals surface area contributed by atoms with Crippen molar-refractivity contribution in [2.24, 2.45) is 0 Å². The number of rotatable bonds is 0. The zero-order valence-electron chi connectivity index (χ0n) is 13.1. The SMILES string of the molecule is C1=CCCCCCCCCCCCC/C=C/C=C\C=C\1. The largest absolute Gasteiger partial charge is 0.0845 e. The predicted molar refractivity (Wildman–Crippen MR) is 92.0 cm³/mol. The first kappa shape index (κ1) is 17.0. The highest BCUT2D eigenvalue weighted by Crippen LogP contribution is 2.12. The van der Waals surface area contributed by atoms with Gasteiger partial charge in [-0.2, -0.15) is 0 Å². The number of hydrogen-bond acceptors (Lipinski definition) is 0. The maximum Gasteiger partial charge on any atom is -0.0348 e. The second-order valence-corrected chi connectivity index (χ2v) is 5.74. The molecule has 0 radical (unpaired) electrons. The van der Waals surface area contributed by atoms with E-state index < -0.39 is 0 Å². The van der Waals surface area contributed by atoms with Gasteiger partial charge in [-0.1, -0.05) is 100.0 Å². The Hall–Kier alpha value is -1.04. The molecule has 0 aromatic carbocycles. The molecule has 0 saturated carbocycles. The van der Waals surface area contributed by atoms with E-state index in [1.807, 2.05) is 0 Å². The lowest BCUT2D eigenvalue weighted by Crippen LogP contribution is -1.82. The van der Waals surface area contributed by atoms with Crippen molar-refractivity contribution in [1.82, 2.24) is 0 Å². The summed E-state index contributed by atoms with van der Waals surface area (Å²) in [6, 6.07) is 0. The van der Waals surface area contributed by atoms with E-state index in [1.165, 1.54) is 77.0 Å². The molecule has 0 heteroatoms. The van der Waals surface area contributed by atoms with Gasteiger partial charge < -0.3 is 0 Å². The Labute approximate surface area is 126 Å². The minimum Gasteiger partial charge on any atom is -0.0845 e. The molecule has 1 aliphatic carbocycles. The van der Waals surface area contributed by atoms with Gasteiger partial charge in [-0.25, -0.2) is 0 Å². The molecule has 0 aromatic heterocycles. The monoisotopic (exact) mass is 272 g/mol. The number of allylic oxidation sites excluding steroid dienone is 8. The molecule has 1 aliphatic rings. The van der Waals surface area contributed by atoms with Crippen LogP contribution in [0.4, 0.5) is 0 Å². The van der Waals surface area contributed by atoms with Crippen molar-refractivity contribution in [2.75, 3.05) is 0 Å². The maximum absolute atomic E-state index is 2.29. The minimum atomic E-state index is 1.23. The van der Waals surface area contributed by atoms with E-state index in [9.17, 15) is 0 Å². The van der Waals surface area contributed by atoms with E-state index in [-0.39, 0.29) is 0 Å². The topological polar surface area (TPSA) is 0 Å². The van der Waals surface area contributed by atoms with E-state index in [0.29, 0.717) is 0 Å². The molecule has 0 fully saturated rings. The summed E-state index contributed by atoms with van der Waals surface area (Å²) in [5, 5.41) is 0. The molecular formula is C20H32. The van der Waals surface area contributed by atoms with Crippen molar-refractivity contribution in [3.05, 3.63) is 48.6 Å². The summed E-state index contributed by atoms with van der Waals surface area (Å²) >= 11 is 0. The molecule has 0 amide bonds. The van der Waals surface area contributed by atoms with Gasteiger partial charge in [0.15, 0.2) is 0 Å². The van der Waals surface area contributed by atoms with Crippen molar-refractivity contribution in [3.8, 4) is 0 Å². The summed E-state index contributed by atoms with van der Waals surface area (Å²) in [6.07, 6.45) is 34.0. The molecule has 0 heterocycles. The van der Waals surface area contributed by atoms with Crippen LogP contribution < -0.4 is 0 Å². The van der Waals surface area contributed by atoms with Crippen LogP contribution in [0.1, 0.15) is 77.0 Å². The molecule has 112 valence electrons. The Bertz CT molecular complexity index is 272. The van der Waals surface area contributed by atoms with Crippen LogP contribution in [0.15, 0.2) is 48.6 Å². The quantitative estimate of drug-likeness (QED) is 0.449. The predicted octanol–water partition coefficient (Wildman–Crippen LogP) is 6.91. The first-order chi connectivity index (χ1) is 10.0. The summed E-state index contributed by atoms with van der Waals surface area (Å²) in [6.45, 7) is 0. The van der Waals surface area contributed by atoms with Gasteiger partial charge in [0.05, 0.1) is 0 Å². The Balaban J connectivity index is 2.24. The van der Waals surface area contributed by atoms with Gasteiger partial charge in [0.25, 0.3) is 0 Å². The van der Waals surface area contributed by atoms with E-state index in [4.69, 9.17) is 0 Å². The zero-order valence-corrected chi connectivity index (χ0v) is 13.1. The summed E-state index contributed by atoms with van der Waals surface area (Å²) in [5.41, 5.74) is 0. The second-order valence-electron chi connectivity index (χ2n) is 5.74. The van der Waals surface area contributed by atoms with Crippen LogP contribution in [0.2, 0.25) is 0 Å². The highest BCUT2D eigenvalue weighted by Gasteiger charge is 1.92. The molecule has 0 spiro atoms. The fourth-order valence-corrected chi connectivity index (χ4v) is 2.54. The Kier molecular flexibility index (Phi) is 12.2. The summed E-state index contributed by atoms with van der Waals surface area (Å²) in [5.74, 6) is 0. The van der Waals surface area contributed by atoms with Crippen molar-refractivity contribution in [2.45, 2.75) is 77.0 Å². The summed E-state index contributed by atoms with van der Waals surface area (Å²) in [7, 11) is 0. The molecule has 1 rings (SSSR count). The van der Waals surface area contributed by atoms with Gasteiger partial charge in [0.2, 0.25) is 0 Å². The number of hydrogen-bond donors (Lipinski definition) is 0. The fourth-order valence-electron chi connectivity index (χ4n) is 2.54. The fraction of sp³-hybridized carbons (Fsp3) is 0.600. The molecule has 0 atom stereocenters.